The number of aliphatic hydroxyl groups is 2. The first-order chi connectivity index (χ1) is 6.79. The minimum atomic E-state index is -0.823. The maximum Gasteiger partial charge on any atom is 0.110 e. The summed E-state index contributed by atoms with van der Waals surface area (Å²) in [4.78, 5) is 0. The van der Waals surface area contributed by atoms with E-state index in [1.807, 2.05) is 33.7 Å². The Labute approximate surface area is 90.1 Å². The Bertz CT molecular complexity index is 328. The van der Waals surface area contributed by atoms with Gasteiger partial charge in [0.2, 0.25) is 0 Å². The van der Waals surface area contributed by atoms with Crippen molar-refractivity contribution in [1.82, 2.24) is 0 Å². The van der Waals surface area contributed by atoms with Crippen molar-refractivity contribution >= 4 is 22.7 Å². The van der Waals surface area contributed by atoms with Gasteiger partial charge < -0.3 is 10.2 Å². The van der Waals surface area contributed by atoms with Crippen LogP contribution in [-0.2, 0) is 0 Å². The SMILES string of the molecule is O[C@@H](c1ccsc1)[C@@H](O)c1ccsc1. The molecule has 0 bridgehead atoms. The zero-order valence-corrected chi connectivity index (χ0v) is 8.96. The molecule has 0 radical (unpaired) electrons. The molecule has 0 unspecified atom stereocenters. The molecule has 2 rings (SSSR count). The number of hydrogen-bond donors (Lipinski definition) is 2. The Hall–Kier alpha value is -0.680. The molecular weight excluding hydrogens is 216 g/mol. The lowest BCUT2D eigenvalue weighted by atomic mass is 10.0. The van der Waals surface area contributed by atoms with E-state index in [1.165, 1.54) is 22.7 Å². The fraction of sp³-hybridized carbons (Fsp3) is 0.200. The molecule has 2 N–H and O–H groups in total. The molecular formula is C10H10O2S2. The number of hydrogen-bond acceptors (Lipinski definition) is 4. The Morgan fingerprint density at radius 1 is 0.857 bits per heavy atom. The van der Waals surface area contributed by atoms with Gasteiger partial charge in [-0.05, 0) is 44.8 Å². The smallest absolute Gasteiger partial charge is 0.110 e. The summed E-state index contributed by atoms with van der Waals surface area (Å²) < 4.78 is 0. The van der Waals surface area contributed by atoms with Gasteiger partial charge in [-0.3, -0.25) is 0 Å². The van der Waals surface area contributed by atoms with Crippen molar-refractivity contribution in [1.29, 1.82) is 0 Å². The summed E-state index contributed by atoms with van der Waals surface area (Å²) in [5.41, 5.74) is 1.54. The van der Waals surface area contributed by atoms with Crippen molar-refractivity contribution in [2.45, 2.75) is 12.2 Å². The van der Waals surface area contributed by atoms with E-state index in [9.17, 15) is 10.2 Å². The lowest BCUT2D eigenvalue weighted by Crippen LogP contribution is -2.08. The molecule has 0 amide bonds. The zero-order valence-electron chi connectivity index (χ0n) is 7.33. The van der Waals surface area contributed by atoms with Crippen LogP contribution in [-0.4, -0.2) is 10.2 Å². The highest BCUT2D eigenvalue weighted by Crippen LogP contribution is 2.30. The van der Waals surface area contributed by atoms with Gasteiger partial charge >= 0.3 is 0 Å². The van der Waals surface area contributed by atoms with E-state index in [2.05, 4.69) is 0 Å². The van der Waals surface area contributed by atoms with E-state index in [-0.39, 0.29) is 0 Å². The summed E-state index contributed by atoms with van der Waals surface area (Å²) in [5.74, 6) is 0. The molecule has 2 atom stereocenters. The lowest BCUT2D eigenvalue weighted by Gasteiger charge is -2.15. The third kappa shape index (κ3) is 1.88. The Morgan fingerprint density at radius 3 is 1.57 bits per heavy atom. The molecule has 2 heterocycles. The normalized spacial score (nSPS) is 15.3. The van der Waals surface area contributed by atoms with Crippen LogP contribution in [0.5, 0.6) is 0 Å². The molecule has 14 heavy (non-hydrogen) atoms. The van der Waals surface area contributed by atoms with Crippen LogP contribution in [0, 0.1) is 0 Å². The van der Waals surface area contributed by atoms with Crippen molar-refractivity contribution in [2.24, 2.45) is 0 Å². The Kier molecular flexibility index (Phi) is 2.98. The predicted molar refractivity (Wildman–Crippen MR) is 58.6 cm³/mol. The van der Waals surface area contributed by atoms with Gasteiger partial charge in [0.25, 0.3) is 0 Å². The third-order valence-electron chi connectivity index (χ3n) is 2.07. The van der Waals surface area contributed by atoms with E-state index < -0.39 is 12.2 Å². The molecule has 0 aliphatic carbocycles. The van der Waals surface area contributed by atoms with Crippen molar-refractivity contribution in [2.75, 3.05) is 0 Å². The molecule has 0 aliphatic heterocycles. The van der Waals surface area contributed by atoms with Gasteiger partial charge in [0, 0.05) is 0 Å². The third-order valence-corrected chi connectivity index (χ3v) is 3.47. The first kappa shape index (κ1) is 9.86. The second-order valence-corrected chi connectivity index (χ2v) is 4.56. The molecule has 0 spiro atoms. The minimum absolute atomic E-state index is 0.772. The van der Waals surface area contributed by atoms with Crippen LogP contribution in [0.4, 0.5) is 0 Å². The standard InChI is InChI=1S/C10H10O2S2/c11-9(7-1-3-13-5-7)10(12)8-2-4-14-6-8/h1-6,9-12H/t9-,10-/m0/s1. The highest BCUT2D eigenvalue weighted by atomic mass is 32.1. The number of thiophene rings is 2. The van der Waals surface area contributed by atoms with Gasteiger partial charge in [0.05, 0.1) is 0 Å². The van der Waals surface area contributed by atoms with Gasteiger partial charge in [-0.25, -0.2) is 0 Å². The highest BCUT2D eigenvalue weighted by molar-refractivity contribution is 7.08. The average Bonchev–Trinajstić information content (AvgIpc) is 2.87. The molecule has 74 valence electrons. The highest BCUT2D eigenvalue weighted by Gasteiger charge is 2.20. The monoisotopic (exact) mass is 226 g/mol. The molecule has 2 aromatic heterocycles. The molecule has 0 saturated carbocycles. The predicted octanol–water partition coefficient (Wildman–Crippen LogP) is 2.58. The topological polar surface area (TPSA) is 40.5 Å². The van der Waals surface area contributed by atoms with E-state index in [0.29, 0.717) is 0 Å². The van der Waals surface area contributed by atoms with E-state index in [1.54, 1.807) is 0 Å². The summed E-state index contributed by atoms with van der Waals surface area (Å²) in [5, 5.41) is 27.1. The van der Waals surface area contributed by atoms with Crippen LogP contribution >= 0.6 is 22.7 Å². The molecule has 0 saturated heterocycles. The van der Waals surface area contributed by atoms with Crippen LogP contribution in [0.1, 0.15) is 23.3 Å². The first-order valence-corrected chi connectivity index (χ1v) is 6.08. The van der Waals surface area contributed by atoms with Gasteiger partial charge in [-0.2, -0.15) is 22.7 Å². The van der Waals surface area contributed by atoms with E-state index >= 15 is 0 Å². The fourth-order valence-corrected chi connectivity index (χ4v) is 2.63. The largest absolute Gasteiger partial charge is 0.385 e. The van der Waals surface area contributed by atoms with Crippen molar-refractivity contribution in [3.63, 3.8) is 0 Å². The summed E-state index contributed by atoms with van der Waals surface area (Å²) in [7, 11) is 0. The molecule has 0 aromatic carbocycles. The van der Waals surface area contributed by atoms with Crippen LogP contribution in [0.2, 0.25) is 0 Å². The second kappa shape index (κ2) is 4.23. The molecule has 0 fully saturated rings. The van der Waals surface area contributed by atoms with Gasteiger partial charge in [-0.1, -0.05) is 0 Å². The van der Waals surface area contributed by atoms with E-state index in [0.717, 1.165) is 11.1 Å². The van der Waals surface area contributed by atoms with Crippen molar-refractivity contribution in [3.8, 4) is 0 Å². The van der Waals surface area contributed by atoms with Crippen molar-refractivity contribution in [3.05, 3.63) is 44.8 Å². The lowest BCUT2D eigenvalue weighted by molar-refractivity contribution is 0.0177. The van der Waals surface area contributed by atoms with Crippen LogP contribution < -0.4 is 0 Å². The quantitative estimate of drug-likeness (QED) is 0.844. The molecule has 4 heteroatoms. The maximum absolute atomic E-state index is 9.81. The summed E-state index contributed by atoms with van der Waals surface area (Å²) in [6.45, 7) is 0. The van der Waals surface area contributed by atoms with Crippen molar-refractivity contribution < 1.29 is 10.2 Å². The average molecular weight is 226 g/mol. The number of aliphatic hydroxyl groups excluding tert-OH is 2. The molecule has 0 aliphatic rings. The van der Waals surface area contributed by atoms with Crippen LogP contribution in [0.25, 0.3) is 0 Å². The fourth-order valence-electron chi connectivity index (χ4n) is 1.25. The zero-order chi connectivity index (χ0) is 9.97. The van der Waals surface area contributed by atoms with Crippen LogP contribution in [0.3, 0.4) is 0 Å². The van der Waals surface area contributed by atoms with Crippen LogP contribution in [0.15, 0.2) is 33.7 Å². The van der Waals surface area contributed by atoms with Gasteiger partial charge in [0.15, 0.2) is 0 Å². The molecule has 2 aromatic rings. The number of rotatable bonds is 3. The Morgan fingerprint density at radius 2 is 1.29 bits per heavy atom. The minimum Gasteiger partial charge on any atom is -0.385 e. The summed E-state index contributed by atoms with van der Waals surface area (Å²) in [6.07, 6.45) is -1.65. The summed E-state index contributed by atoms with van der Waals surface area (Å²) >= 11 is 3.03. The molecule has 2 nitrogen and oxygen atoms in total. The van der Waals surface area contributed by atoms with Gasteiger partial charge in [0.1, 0.15) is 12.2 Å². The van der Waals surface area contributed by atoms with Gasteiger partial charge in [-0.15, -0.1) is 0 Å². The summed E-state index contributed by atoms with van der Waals surface area (Å²) in [6, 6.07) is 3.65. The maximum atomic E-state index is 9.81. The Balaban J connectivity index is 2.16. The first-order valence-electron chi connectivity index (χ1n) is 4.19. The second-order valence-electron chi connectivity index (χ2n) is 3.00. The van der Waals surface area contributed by atoms with E-state index in [4.69, 9.17) is 0 Å².